The van der Waals surface area contributed by atoms with Crippen LogP contribution in [0.15, 0.2) is 24.3 Å². The van der Waals surface area contributed by atoms with E-state index < -0.39 is 0 Å². The van der Waals surface area contributed by atoms with Crippen molar-refractivity contribution in [2.45, 2.75) is 38.9 Å². The third-order valence-electron chi connectivity index (χ3n) is 3.83. The minimum atomic E-state index is 0. The second-order valence-corrected chi connectivity index (χ2v) is 5.52. The Bertz CT molecular complexity index is 447. The Morgan fingerprint density at radius 1 is 1.43 bits per heavy atom. The lowest BCUT2D eigenvalue weighted by Crippen LogP contribution is -2.40. The van der Waals surface area contributed by atoms with E-state index in [2.05, 4.69) is 53.8 Å². The van der Waals surface area contributed by atoms with Gasteiger partial charge in [0.15, 0.2) is 0 Å². The normalized spacial score (nSPS) is 17.6. The highest BCUT2D eigenvalue weighted by Crippen LogP contribution is 2.09. The van der Waals surface area contributed by atoms with E-state index in [1.54, 1.807) is 0 Å². The van der Waals surface area contributed by atoms with E-state index in [1.165, 1.54) is 11.1 Å². The third kappa shape index (κ3) is 5.65. The van der Waals surface area contributed by atoms with Gasteiger partial charge in [0.05, 0.1) is 6.04 Å². The molecule has 2 N–H and O–H groups in total. The van der Waals surface area contributed by atoms with Gasteiger partial charge in [-0.2, -0.15) is 0 Å². The molecule has 2 rings (SSSR count). The number of nitrogens with zero attached hydrogens (tertiary/aromatic N) is 1. The number of benzene rings is 1. The summed E-state index contributed by atoms with van der Waals surface area (Å²) in [5.41, 5.74) is 2.46. The Morgan fingerprint density at radius 3 is 2.86 bits per heavy atom. The Kier molecular flexibility index (Phi) is 7.72. The molecular weight excluding hydrogens is 286 g/mol. The third-order valence-corrected chi connectivity index (χ3v) is 3.83. The molecule has 1 aliphatic heterocycles. The van der Waals surface area contributed by atoms with Crippen LogP contribution in [0.25, 0.3) is 0 Å². The van der Waals surface area contributed by atoms with E-state index in [0.717, 1.165) is 32.5 Å². The fourth-order valence-electron chi connectivity index (χ4n) is 2.48. The van der Waals surface area contributed by atoms with Crippen molar-refractivity contribution in [1.82, 2.24) is 15.5 Å². The summed E-state index contributed by atoms with van der Waals surface area (Å²) < 4.78 is 0. The summed E-state index contributed by atoms with van der Waals surface area (Å²) in [5.74, 6) is 0.124. The van der Waals surface area contributed by atoms with E-state index >= 15 is 0 Å². The number of hydrogen-bond donors (Lipinski definition) is 2. The molecule has 4 nitrogen and oxygen atoms in total. The van der Waals surface area contributed by atoms with Crippen LogP contribution in [-0.4, -0.2) is 37.0 Å². The van der Waals surface area contributed by atoms with Gasteiger partial charge in [0, 0.05) is 13.1 Å². The van der Waals surface area contributed by atoms with Gasteiger partial charge in [-0.3, -0.25) is 4.79 Å². The van der Waals surface area contributed by atoms with Gasteiger partial charge >= 0.3 is 0 Å². The maximum atomic E-state index is 11.9. The minimum absolute atomic E-state index is 0. The Morgan fingerprint density at radius 2 is 2.19 bits per heavy atom. The van der Waals surface area contributed by atoms with Crippen LogP contribution < -0.4 is 10.6 Å². The molecule has 0 spiro atoms. The molecule has 0 aromatic heterocycles. The van der Waals surface area contributed by atoms with Gasteiger partial charge in [0.25, 0.3) is 0 Å². The monoisotopic (exact) mass is 311 g/mol. The van der Waals surface area contributed by atoms with Crippen molar-refractivity contribution in [1.29, 1.82) is 0 Å². The second-order valence-electron chi connectivity index (χ2n) is 5.52. The summed E-state index contributed by atoms with van der Waals surface area (Å²) in [6, 6.07) is 8.45. The first kappa shape index (κ1) is 18.0. The summed E-state index contributed by atoms with van der Waals surface area (Å²) >= 11 is 0. The highest BCUT2D eigenvalue weighted by Gasteiger charge is 2.21. The molecule has 0 bridgehead atoms. The summed E-state index contributed by atoms with van der Waals surface area (Å²) in [7, 11) is 2.11. The Balaban J connectivity index is 0.00000220. The molecule has 118 valence electrons. The number of carbonyl (C=O) groups excluding carboxylic acids is 1. The number of nitrogens with one attached hydrogen (secondary N) is 2. The molecule has 0 saturated carbocycles. The average Bonchev–Trinajstić information content (AvgIpc) is 2.99. The predicted octanol–water partition coefficient (Wildman–Crippen LogP) is 1.93. The molecule has 1 fully saturated rings. The molecule has 1 aromatic rings. The number of rotatable bonds is 6. The van der Waals surface area contributed by atoms with Gasteiger partial charge in [0.1, 0.15) is 0 Å². The van der Waals surface area contributed by atoms with Gasteiger partial charge in [-0.05, 0) is 44.1 Å². The van der Waals surface area contributed by atoms with Gasteiger partial charge in [-0.15, -0.1) is 12.4 Å². The molecule has 1 aromatic carbocycles. The van der Waals surface area contributed by atoms with Crippen LogP contribution in [0.3, 0.4) is 0 Å². The number of halogens is 1. The van der Waals surface area contributed by atoms with Crippen molar-refractivity contribution in [3.05, 3.63) is 35.4 Å². The van der Waals surface area contributed by atoms with Gasteiger partial charge < -0.3 is 15.5 Å². The average molecular weight is 312 g/mol. The standard InChI is InChI=1S/C16H25N3O.ClH/c1-3-19(2)12-14-7-4-6-13(10-14)11-18-16(20)15-8-5-9-17-15;/h4,6-7,10,15,17H,3,5,8-9,11-12H2,1-2H3,(H,18,20);1H/t15-;/m0./s1. The number of hydrogen-bond acceptors (Lipinski definition) is 3. The molecule has 0 radical (unpaired) electrons. The molecule has 1 heterocycles. The molecule has 1 amide bonds. The fraction of sp³-hybridized carbons (Fsp3) is 0.562. The van der Waals surface area contributed by atoms with E-state index in [0.29, 0.717) is 6.54 Å². The summed E-state index contributed by atoms with van der Waals surface area (Å²) in [6.45, 7) is 5.70. The van der Waals surface area contributed by atoms with E-state index in [-0.39, 0.29) is 24.4 Å². The van der Waals surface area contributed by atoms with E-state index in [1.807, 2.05) is 0 Å². The van der Waals surface area contributed by atoms with Crippen molar-refractivity contribution < 1.29 is 4.79 Å². The van der Waals surface area contributed by atoms with Crippen LogP contribution in [0.4, 0.5) is 0 Å². The zero-order valence-electron chi connectivity index (χ0n) is 12.9. The largest absolute Gasteiger partial charge is 0.351 e. The molecular formula is C16H26ClN3O. The van der Waals surface area contributed by atoms with Crippen LogP contribution >= 0.6 is 12.4 Å². The smallest absolute Gasteiger partial charge is 0.237 e. The Hall–Kier alpha value is -1.10. The molecule has 1 aliphatic rings. The minimum Gasteiger partial charge on any atom is -0.351 e. The van der Waals surface area contributed by atoms with Crippen LogP contribution in [0.5, 0.6) is 0 Å². The van der Waals surface area contributed by atoms with Crippen molar-refractivity contribution in [2.24, 2.45) is 0 Å². The molecule has 1 atom stereocenters. The molecule has 1 saturated heterocycles. The van der Waals surface area contributed by atoms with Crippen molar-refractivity contribution in [3.63, 3.8) is 0 Å². The molecule has 0 aliphatic carbocycles. The van der Waals surface area contributed by atoms with Gasteiger partial charge in [0.2, 0.25) is 5.91 Å². The lowest BCUT2D eigenvalue weighted by molar-refractivity contribution is -0.122. The highest BCUT2D eigenvalue weighted by atomic mass is 35.5. The molecule has 21 heavy (non-hydrogen) atoms. The SMILES string of the molecule is CCN(C)Cc1cccc(CNC(=O)[C@@H]2CCCN2)c1.Cl. The number of amides is 1. The van der Waals surface area contributed by atoms with Crippen molar-refractivity contribution in [3.8, 4) is 0 Å². The van der Waals surface area contributed by atoms with Gasteiger partial charge in [-0.1, -0.05) is 31.2 Å². The van der Waals surface area contributed by atoms with Gasteiger partial charge in [-0.25, -0.2) is 0 Å². The van der Waals surface area contributed by atoms with E-state index in [4.69, 9.17) is 0 Å². The first-order valence-corrected chi connectivity index (χ1v) is 7.46. The number of carbonyl (C=O) groups is 1. The summed E-state index contributed by atoms with van der Waals surface area (Å²) in [5, 5.41) is 6.24. The first-order valence-electron chi connectivity index (χ1n) is 7.46. The summed E-state index contributed by atoms with van der Waals surface area (Å²) in [4.78, 5) is 14.2. The zero-order valence-corrected chi connectivity index (χ0v) is 13.7. The fourth-order valence-corrected chi connectivity index (χ4v) is 2.48. The van der Waals surface area contributed by atoms with Crippen molar-refractivity contribution >= 4 is 18.3 Å². The highest BCUT2D eigenvalue weighted by molar-refractivity contribution is 5.85. The molecule has 5 heteroatoms. The summed E-state index contributed by atoms with van der Waals surface area (Å²) in [6.07, 6.45) is 2.05. The lowest BCUT2D eigenvalue weighted by atomic mass is 10.1. The Labute approximate surface area is 133 Å². The van der Waals surface area contributed by atoms with Crippen LogP contribution in [0.1, 0.15) is 30.9 Å². The van der Waals surface area contributed by atoms with E-state index in [9.17, 15) is 4.79 Å². The van der Waals surface area contributed by atoms with Crippen molar-refractivity contribution in [2.75, 3.05) is 20.1 Å². The van der Waals surface area contributed by atoms with Crippen LogP contribution in [-0.2, 0) is 17.9 Å². The maximum Gasteiger partial charge on any atom is 0.237 e. The predicted molar refractivity (Wildman–Crippen MR) is 88.6 cm³/mol. The van der Waals surface area contributed by atoms with Crippen LogP contribution in [0, 0.1) is 0 Å². The quantitative estimate of drug-likeness (QED) is 0.844. The molecule has 0 unspecified atom stereocenters. The second kappa shape index (κ2) is 9.03. The topological polar surface area (TPSA) is 44.4 Å². The maximum absolute atomic E-state index is 11.9. The zero-order chi connectivity index (χ0) is 14.4. The first-order chi connectivity index (χ1) is 9.69. The lowest BCUT2D eigenvalue weighted by Gasteiger charge is -2.15. The van der Waals surface area contributed by atoms with Crippen LogP contribution in [0.2, 0.25) is 0 Å².